The van der Waals surface area contributed by atoms with Gasteiger partial charge in [0.15, 0.2) is 0 Å². The van der Waals surface area contributed by atoms with Gasteiger partial charge in [-0.15, -0.1) is 0 Å². The Bertz CT molecular complexity index is 1840. The van der Waals surface area contributed by atoms with Crippen molar-refractivity contribution in [3.8, 4) is 5.75 Å². The minimum atomic E-state index is -3.74. The molecular formula is C32H25N3O5S. The molecule has 0 radical (unpaired) electrons. The third-order valence-electron chi connectivity index (χ3n) is 6.21. The number of benzene rings is 5. The molecule has 0 saturated carbocycles. The fourth-order valence-corrected chi connectivity index (χ4v) is 5.10. The number of sulfonamides is 1. The second-order valence-corrected chi connectivity index (χ2v) is 10.9. The molecule has 0 aliphatic rings. The van der Waals surface area contributed by atoms with Crippen molar-refractivity contribution in [3.05, 3.63) is 138 Å². The van der Waals surface area contributed by atoms with Crippen molar-refractivity contribution in [2.75, 3.05) is 4.72 Å². The Balaban J connectivity index is 1.15. The monoisotopic (exact) mass is 563 g/mol. The molecule has 41 heavy (non-hydrogen) atoms. The van der Waals surface area contributed by atoms with Crippen LogP contribution >= 0.6 is 0 Å². The SMILES string of the molecule is Cc1ccc(S(=O)(=O)Nc2ccc(C(=O)NN=Cc3ccc(OC(=O)c4cccc5ccccc45)cc3)cc2)cc1. The zero-order chi connectivity index (χ0) is 28.8. The lowest BCUT2D eigenvalue weighted by molar-refractivity contribution is 0.0736. The van der Waals surface area contributed by atoms with Crippen LogP contribution in [0.1, 0.15) is 31.8 Å². The van der Waals surface area contributed by atoms with Gasteiger partial charge in [0, 0.05) is 11.3 Å². The minimum Gasteiger partial charge on any atom is -0.423 e. The van der Waals surface area contributed by atoms with E-state index in [2.05, 4.69) is 15.2 Å². The molecular weight excluding hydrogens is 538 g/mol. The molecule has 0 spiro atoms. The van der Waals surface area contributed by atoms with E-state index in [1.807, 2.05) is 43.3 Å². The molecule has 0 fully saturated rings. The second-order valence-electron chi connectivity index (χ2n) is 9.18. The summed E-state index contributed by atoms with van der Waals surface area (Å²) >= 11 is 0. The first-order chi connectivity index (χ1) is 19.8. The Hall–Kier alpha value is -5.28. The molecule has 0 atom stereocenters. The Morgan fingerprint density at radius 1 is 0.780 bits per heavy atom. The summed E-state index contributed by atoms with van der Waals surface area (Å²) in [6.45, 7) is 1.88. The number of carbonyl (C=O) groups is 2. The van der Waals surface area contributed by atoms with Gasteiger partial charge in [0.25, 0.3) is 15.9 Å². The number of aryl methyl sites for hydroxylation is 1. The van der Waals surface area contributed by atoms with Gasteiger partial charge in [0.1, 0.15) is 5.75 Å². The van der Waals surface area contributed by atoms with Crippen molar-refractivity contribution < 1.29 is 22.7 Å². The zero-order valence-corrected chi connectivity index (χ0v) is 22.8. The lowest BCUT2D eigenvalue weighted by Gasteiger charge is -2.09. The fraction of sp³-hybridized carbons (Fsp3) is 0.0312. The Morgan fingerprint density at radius 3 is 2.20 bits per heavy atom. The number of hydrogen-bond acceptors (Lipinski definition) is 6. The quantitative estimate of drug-likeness (QED) is 0.105. The van der Waals surface area contributed by atoms with Crippen LogP contribution in [0.2, 0.25) is 0 Å². The molecule has 5 aromatic rings. The van der Waals surface area contributed by atoms with Gasteiger partial charge in [-0.2, -0.15) is 5.10 Å². The number of amides is 1. The highest BCUT2D eigenvalue weighted by molar-refractivity contribution is 7.92. The highest BCUT2D eigenvalue weighted by Gasteiger charge is 2.15. The Morgan fingerprint density at radius 2 is 1.46 bits per heavy atom. The first kappa shape index (κ1) is 27.3. The fourth-order valence-electron chi connectivity index (χ4n) is 4.04. The van der Waals surface area contributed by atoms with Crippen molar-refractivity contribution in [3.63, 3.8) is 0 Å². The number of carbonyl (C=O) groups excluding carboxylic acids is 2. The zero-order valence-electron chi connectivity index (χ0n) is 21.9. The van der Waals surface area contributed by atoms with E-state index < -0.39 is 21.9 Å². The molecule has 5 aromatic carbocycles. The molecule has 1 amide bonds. The average molecular weight is 564 g/mol. The summed E-state index contributed by atoms with van der Waals surface area (Å²) in [4.78, 5) is 25.3. The molecule has 5 rings (SSSR count). The second kappa shape index (κ2) is 11.8. The molecule has 8 nitrogen and oxygen atoms in total. The Labute approximate surface area is 237 Å². The van der Waals surface area contributed by atoms with Crippen molar-refractivity contribution in [2.45, 2.75) is 11.8 Å². The summed E-state index contributed by atoms with van der Waals surface area (Å²) in [6, 6.07) is 32.3. The molecule has 0 aliphatic carbocycles. The molecule has 0 heterocycles. The number of hydrazone groups is 1. The number of nitrogens with zero attached hydrogens (tertiary/aromatic N) is 1. The van der Waals surface area contributed by atoms with Crippen molar-refractivity contribution in [1.29, 1.82) is 0 Å². The minimum absolute atomic E-state index is 0.148. The van der Waals surface area contributed by atoms with E-state index in [9.17, 15) is 18.0 Å². The molecule has 9 heteroatoms. The van der Waals surface area contributed by atoms with Crippen molar-refractivity contribution >= 4 is 44.6 Å². The maximum Gasteiger partial charge on any atom is 0.344 e. The number of hydrogen-bond donors (Lipinski definition) is 2. The van der Waals surface area contributed by atoms with Gasteiger partial charge in [-0.1, -0.05) is 54.1 Å². The number of rotatable bonds is 8. The van der Waals surface area contributed by atoms with Crippen LogP contribution in [0.25, 0.3) is 10.8 Å². The molecule has 0 aromatic heterocycles. The summed E-state index contributed by atoms with van der Waals surface area (Å²) in [6.07, 6.45) is 1.46. The van der Waals surface area contributed by atoms with Crippen LogP contribution in [0.5, 0.6) is 5.75 Å². The van der Waals surface area contributed by atoms with Crippen LogP contribution in [0.4, 0.5) is 5.69 Å². The van der Waals surface area contributed by atoms with Gasteiger partial charge in [0.2, 0.25) is 0 Å². The van der Waals surface area contributed by atoms with E-state index in [0.29, 0.717) is 28.1 Å². The third-order valence-corrected chi connectivity index (χ3v) is 7.61. The van der Waals surface area contributed by atoms with Crippen molar-refractivity contribution in [1.82, 2.24) is 5.43 Å². The number of nitrogens with one attached hydrogen (secondary N) is 2. The first-order valence-electron chi connectivity index (χ1n) is 12.6. The number of ether oxygens (including phenoxy) is 1. The van der Waals surface area contributed by atoms with Gasteiger partial charge >= 0.3 is 5.97 Å². The molecule has 2 N–H and O–H groups in total. The van der Waals surface area contributed by atoms with E-state index in [1.54, 1.807) is 42.5 Å². The summed E-state index contributed by atoms with van der Waals surface area (Å²) in [5.74, 6) is -0.540. The van der Waals surface area contributed by atoms with Gasteiger partial charge in [-0.25, -0.2) is 18.6 Å². The third kappa shape index (κ3) is 6.66. The number of anilines is 1. The van der Waals surface area contributed by atoms with E-state index in [-0.39, 0.29) is 4.90 Å². The van der Waals surface area contributed by atoms with Crippen LogP contribution < -0.4 is 14.9 Å². The summed E-state index contributed by atoms with van der Waals surface area (Å²) in [7, 11) is -3.74. The topological polar surface area (TPSA) is 114 Å². The van der Waals surface area contributed by atoms with Crippen LogP contribution in [0.15, 0.2) is 125 Å². The Kier molecular flexibility index (Phi) is 7.89. The molecule has 0 bridgehead atoms. The number of fused-ring (bicyclic) bond motifs is 1. The van der Waals surface area contributed by atoms with Gasteiger partial charge in [0.05, 0.1) is 16.7 Å². The molecule has 204 valence electrons. The van der Waals surface area contributed by atoms with E-state index in [4.69, 9.17) is 4.74 Å². The van der Waals surface area contributed by atoms with Gasteiger partial charge in [-0.05, 0) is 90.0 Å². The number of esters is 1. The predicted octanol–water partition coefficient (Wildman–Crippen LogP) is 5.93. The highest BCUT2D eigenvalue weighted by Crippen LogP contribution is 2.21. The normalized spacial score (nSPS) is 11.3. The lowest BCUT2D eigenvalue weighted by Crippen LogP contribution is -2.18. The van der Waals surface area contributed by atoms with E-state index in [1.165, 1.54) is 42.6 Å². The summed E-state index contributed by atoms with van der Waals surface area (Å²) in [5.41, 5.74) is 5.18. The van der Waals surface area contributed by atoms with Crippen LogP contribution in [0.3, 0.4) is 0 Å². The van der Waals surface area contributed by atoms with Crippen LogP contribution in [0, 0.1) is 6.92 Å². The average Bonchev–Trinajstić information content (AvgIpc) is 2.98. The summed E-state index contributed by atoms with van der Waals surface area (Å²) < 4.78 is 33.2. The lowest BCUT2D eigenvalue weighted by atomic mass is 10.0. The maximum atomic E-state index is 12.7. The standard InChI is InChI=1S/C32H25N3O5S/c1-22-9-19-28(20-10-22)41(38,39)35-26-15-13-25(14-16-26)31(36)34-33-21-23-11-17-27(18-12-23)40-32(37)30-8-4-6-24-5-2-3-7-29(24)30/h2-21,35H,1H3,(H,34,36). The van der Waals surface area contributed by atoms with Gasteiger partial charge in [-0.3, -0.25) is 9.52 Å². The highest BCUT2D eigenvalue weighted by atomic mass is 32.2. The molecule has 0 unspecified atom stereocenters. The first-order valence-corrected chi connectivity index (χ1v) is 14.1. The van der Waals surface area contributed by atoms with Gasteiger partial charge < -0.3 is 4.74 Å². The van der Waals surface area contributed by atoms with E-state index >= 15 is 0 Å². The smallest absolute Gasteiger partial charge is 0.344 e. The van der Waals surface area contributed by atoms with Crippen LogP contribution in [-0.2, 0) is 10.0 Å². The van der Waals surface area contributed by atoms with Crippen molar-refractivity contribution in [2.24, 2.45) is 5.10 Å². The van der Waals surface area contributed by atoms with E-state index in [0.717, 1.165) is 16.3 Å². The predicted molar refractivity (Wildman–Crippen MR) is 159 cm³/mol. The molecule has 0 aliphatic heterocycles. The maximum absolute atomic E-state index is 12.7. The molecule has 0 saturated heterocycles. The largest absolute Gasteiger partial charge is 0.423 e. The van der Waals surface area contributed by atoms with Crippen LogP contribution in [-0.4, -0.2) is 26.5 Å². The summed E-state index contributed by atoms with van der Waals surface area (Å²) in [5, 5.41) is 5.75.